The lowest BCUT2D eigenvalue weighted by atomic mass is 10.1. The van der Waals surface area contributed by atoms with E-state index < -0.39 is 17.3 Å². The summed E-state index contributed by atoms with van der Waals surface area (Å²) < 4.78 is 13.1. The summed E-state index contributed by atoms with van der Waals surface area (Å²) in [6.45, 7) is 0. The van der Waals surface area contributed by atoms with Gasteiger partial charge in [-0.3, -0.25) is 4.98 Å². The van der Waals surface area contributed by atoms with Gasteiger partial charge in [0.2, 0.25) is 0 Å². The molecule has 1 N–H and O–H groups in total. The average molecular weight is 252 g/mol. The second-order valence-electron chi connectivity index (χ2n) is 3.36. The molecule has 5 heteroatoms. The largest absolute Gasteiger partial charge is 0.478 e. The van der Waals surface area contributed by atoms with Crippen LogP contribution < -0.4 is 0 Å². The number of carbonyl (C=O) groups is 1. The number of carboxylic acid groups (broad SMARTS) is 1. The Morgan fingerprint density at radius 3 is 2.76 bits per heavy atom. The Balaban J connectivity index is 2.54. The first kappa shape index (κ1) is 11.5. The van der Waals surface area contributed by atoms with Crippen LogP contribution in [0.2, 0.25) is 5.02 Å². The quantitative estimate of drug-likeness (QED) is 0.891. The summed E-state index contributed by atoms with van der Waals surface area (Å²) in [7, 11) is 0. The van der Waals surface area contributed by atoms with Crippen molar-refractivity contribution in [1.82, 2.24) is 4.98 Å². The lowest BCUT2D eigenvalue weighted by Crippen LogP contribution is -2.02. The Morgan fingerprint density at radius 1 is 1.35 bits per heavy atom. The van der Waals surface area contributed by atoms with E-state index in [0.717, 1.165) is 6.20 Å². The molecule has 0 amide bonds. The van der Waals surface area contributed by atoms with Gasteiger partial charge in [0.25, 0.3) is 0 Å². The maximum absolute atomic E-state index is 13.1. The maximum Gasteiger partial charge on any atom is 0.338 e. The van der Waals surface area contributed by atoms with Crippen molar-refractivity contribution in [2.75, 3.05) is 0 Å². The molecule has 1 aromatic heterocycles. The van der Waals surface area contributed by atoms with E-state index in [0.29, 0.717) is 16.3 Å². The molecule has 0 saturated carbocycles. The zero-order chi connectivity index (χ0) is 12.4. The summed E-state index contributed by atoms with van der Waals surface area (Å²) in [6, 6.07) is 7.93. The van der Waals surface area contributed by atoms with Crippen LogP contribution in [0.4, 0.5) is 4.39 Å². The minimum atomic E-state index is -1.33. The lowest BCUT2D eigenvalue weighted by Gasteiger charge is -2.03. The molecule has 0 unspecified atom stereocenters. The number of hydrogen-bond acceptors (Lipinski definition) is 2. The summed E-state index contributed by atoms with van der Waals surface area (Å²) in [5.74, 6) is -2.18. The van der Waals surface area contributed by atoms with Crippen molar-refractivity contribution >= 4 is 17.6 Å². The highest BCUT2D eigenvalue weighted by Gasteiger charge is 2.12. The maximum atomic E-state index is 13.1. The molecule has 0 spiro atoms. The molecule has 0 aliphatic rings. The summed E-state index contributed by atoms with van der Waals surface area (Å²) in [6.07, 6.45) is 0.889. The van der Waals surface area contributed by atoms with Crippen LogP contribution >= 0.6 is 11.6 Å². The molecular formula is C12H7ClFNO2. The normalized spacial score (nSPS) is 10.2. The molecule has 1 heterocycles. The van der Waals surface area contributed by atoms with Crippen molar-refractivity contribution in [3.63, 3.8) is 0 Å². The van der Waals surface area contributed by atoms with Gasteiger partial charge >= 0.3 is 5.97 Å². The first-order chi connectivity index (χ1) is 8.08. The molecule has 0 bridgehead atoms. The third-order valence-electron chi connectivity index (χ3n) is 2.21. The fourth-order valence-corrected chi connectivity index (χ4v) is 1.60. The van der Waals surface area contributed by atoms with Gasteiger partial charge in [-0.1, -0.05) is 23.7 Å². The summed E-state index contributed by atoms with van der Waals surface area (Å²) in [5, 5.41) is 9.30. The van der Waals surface area contributed by atoms with Crippen LogP contribution in [0.1, 0.15) is 10.4 Å². The molecule has 17 heavy (non-hydrogen) atoms. The smallest absolute Gasteiger partial charge is 0.338 e. The zero-order valence-electron chi connectivity index (χ0n) is 8.52. The molecule has 0 radical (unpaired) electrons. The van der Waals surface area contributed by atoms with Crippen molar-refractivity contribution in [3.8, 4) is 11.3 Å². The third-order valence-corrected chi connectivity index (χ3v) is 2.44. The molecule has 3 nitrogen and oxygen atoms in total. The number of benzene rings is 1. The average Bonchev–Trinajstić information content (AvgIpc) is 2.29. The Morgan fingerprint density at radius 2 is 2.12 bits per heavy atom. The Kier molecular flexibility index (Phi) is 3.06. The van der Waals surface area contributed by atoms with Crippen molar-refractivity contribution in [2.24, 2.45) is 0 Å². The van der Waals surface area contributed by atoms with E-state index in [1.165, 1.54) is 6.07 Å². The molecule has 0 saturated heterocycles. The number of rotatable bonds is 2. The molecule has 0 aliphatic carbocycles. The third kappa shape index (κ3) is 2.42. The Hall–Kier alpha value is -1.94. The van der Waals surface area contributed by atoms with E-state index in [1.807, 2.05) is 0 Å². The van der Waals surface area contributed by atoms with Crippen molar-refractivity contribution in [3.05, 3.63) is 52.9 Å². The van der Waals surface area contributed by atoms with Gasteiger partial charge < -0.3 is 5.11 Å². The van der Waals surface area contributed by atoms with Crippen LogP contribution in [0, 0.1) is 5.82 Å². The molecule has 2 rings (SSSR count). The van der Waals surface area contributed by atoms with E-state index in [4.69, 9.17) is 16.7 Å². The molecule has 0 atom stereocenters. The van der Waals surface area contributed by atoms with Crippen LogP contribution in [0.15, 0.2) is 36.5 Å². The number of hydrogen-bond donors (Lipinski definition) is 1. The number of halogens is 2. The zero-order valence-corrected chi connectivity index (χ0v) is 9.28. The molecular weight excluding hydrogens is 245 g/mol. The monoisotopic (exact) mass is 251 g/mol. The molecule has 86 valence electrons. The number of aromatic nitrogens is 1. The van der Waals surface area contributed by atoms with E-state index >= 15 is 0 Å². The summed E-state index contributed by atoms with van der Waals surface area (Å²) >= 11 is 5.81. The van der Waals surface area contributed by atoms with Gasteiger partial charge in [0.15, 0.2) is 5.82 Å². The summed E-state index contributed by atoms with van der Waals surface area (Å²) in [4.78, 5) is 14.6. The van der Waals surface area contributed by atoms with Crippen LogP contribution in [-0.2, 0) is 0 Å². The summed E-state index contributed by atoms with van der Waals surface area (Å²) in [5.41, 5.74) is 0.598. The predicted molar refractivity (Wildman–Crippen MR) is 61.6 cm³/mol. The predicted octanol–water partition coefficient (Wildman–Crippen LogP) is 3.24. The second kappa shape index (κ2) is 4.51. The van der Waals surface area contributed by atoms with Crippen molar-refractivity contribution in [2.45, 2.75) is 0 Å². The first-order valence-electron chi connectivity index (χ1n) is 4.72. The van der Waals surface area contributed by atoms with Crippen molar-refractivity contribution < 1.29 is 14.3 Å². The Bertz CT molecular complexity index is 586. The molecule has 0 fully saturated rings. The Labute approximate surface area is 101 Å². The van der Waals surface area contributed by atoms with E-state index in [9.17, 15) is 9.18 Å². The van der Waals surface area contributed by atoms with Gasteiger partial charge in [-0.05, 0) is 18.2 Å². The molecule has 0 aliphatic heterocycles. The van der Waals surface area contributed by atoms with Crippen LogP contribution in [-0.4, -0.2) is 16.1 Å². The van der Waals surface area contributed by atoms with Crippen LogP contribution in [0.25, 0.3) is 11.3 Å². The van der Waals surface area contributed by atoms with E-state index in [2.05, 4.69) is 4.98 Å². The minimum Gasteiger partial charge on any atom is -0.478 e. The fourth-order valence-electron chi connectivity index (χ4n) is 1.41. The number of nitrogens with zero attached hydrogens (tertiary/aromatic N) is 1. The second-order valence-corrected chi connectivity index (χ2v) is 3.80. The lowest BCUT2D eigenvalue weighted by molar-refractivity contribution is 0.0691. The molecule has 2 aromatic rings. The van der Waals surface area contributed by atoms with Gasteiger partial charge in [-0.25, -0.2) is 9.18 Å². The van der Waals surface area contributed by atoms with Gasteiger partial charge in [-0.2, -0.15) is 0 Å². The number of aromatic carboxylic acids is 1. The highest BCUT2D eigenvalue weighted by molar-refractivity contribution is 6.30. The van der Waals surface area contributed by atoms with Gasteiger partial charge in [0.05, 0.1) is 17.5 Å². The van der Waals surface area contributed by atoms with Crippen LogP contribution in [0.5, 0.6) is 0 Å². The topological polar surface area (TPSA) is 50.2 Å². The first-order valence-corrected chi connectivity index (χ1v) is 5.10. The standard InChI is InChI=1S/C12H7ClFNO2/c13-8-3-1-2-7(4-8)11-5-9(12(16)17)10(14)6-15-11/h1-6H,(H,16,17). The van der Waals surface area contributed by atoms with Gasteiger partial charge in [0, 0.05) is 10.6 Å². The fraction of sp³-hybridized carbons (Fsp3) is 0. The van der Waals surface area contributed by atoms with E-state index in [1.54, 1.807) is 24.3 Å². The SMILES string of the molecule is O=C(O)c1cc(-c2cccc(Cl)c2)ncc1F. The van der Waals surface area contributed by atoms with Gasteiger partial charge in [0.1, 0.15) is 0 Å². The molecule has 1 aromatic carbocycles. The van der Waals surface area contributed by atoms with Gasteiger partial charge in [-0.15, -0.1) is 0 Å². The van der Waals surface area contributed by atoms with Crippen LogP contribution in [0.3, 0.4) is 0 Å². The van der Waals surface area contributed by atoms with E-state index in [-0.39, 0.29) is 0 Å². The van der Waals surface area contributed by atoms with Crippen molar-refractivity contribution in [1.29, 1.82) is 0 Å². The number of pyridine rings is 1. The highest BCUT2D eigenvalue weighted by Crippen LogP contribution is 2.22. The highest BCUT2D eigenvalue weighted by atomic mass is 35.5. The number of carboxylic acids is 1. The minimum absolute atomic E-state index is 0.367.